The molecule has 0 aromatic carbocycles. The van der Waals surface area contributed by atoms with Crippen molar-refractivity contribution < 1.29 is 9.90 Å². The molecule has 1 saturated carbocycles. The summed E-state index contributed by atoms with van der Waals surface area (Å²) in [5, 5.41) is 9.01. The fourth-order valence-corrected chi connectivity index (χ4v) is 4.49. The van der Waals surface area contributed by atoms with E-state index in [2.05, 4.69) is 23.6 Å². The van der Waals surface area contributed by atoms with E-state index in [1.165, 1.54) is 17.9 Å². The first kappa shape index (κ1) is 13.2. The van der Waals surface area contributed by atoms with Crippen molar-refractivity contribution in [3.63, 3.8) is 0 Å². The molecule has 1 aliphatic heterocycles. The van der Waals surface area contributed by atoms with Crippen LogP contribution in [-0.2, 0) is 4.79 Å². The third kappa shape index (κ3) is 3.16. The van der Waals surface area contributed by atoms with E-state index in [-0.39, 0.29) is 5.92 Å². The zero-order valence-electron chi connectivity index (χ0n) is 10.6. The molecule has 0 spiro atoms. The minimum atomic E-state index is -0.595. The lowest BCUT2D eigenvalue weighted by atomic mass is 9.85. The van der Waals surface area contributed by atoms with Gasteiger partial charge in [-0.15, -0.1) is 0 Å². The second-order valence-corrected chi connectivity index (χ2v) is 6.34. The Morgan fingerprint density at radius 2 is 1.94 bits per heavy atom. The highest BCUT2D eigenvalue weighted by Gasteiger charge is 2.32. The van der Waals surface area contributed by atoms with Gasteiger partial charge in [0.1, 0.15) is 0 Å². The highest BCUT2D eigenvalue weighted by Crippen LogP contribution is 2.32. The van der Waals surface area contributed by atoms with E-state index in [0.29, 0.717) is 6.04 Å². The maximum absolute atomic E-state index is 10.9. The van der Waals surface area contributed by atoms with E-state index >= 15 is 0 Å². The standard InChI is InChI=1S/C13H23NO2S/c1-2-14(12-7-8-17-9-12)11-5-3-10(4-6-11)13(15)16/h10-12H,2-9H2,1H3,(H,15,16)/t10?,11?,12-/m1/s1. The summed E-state index contributed by atoms with van der Waals surface area (Å²) in [7, 11) is 0. The van der Waals surface area contributed by atoms with Gasteiger partial charge in [-0.3, -0.25) is 9.69 Å². The average Bonchev–Trinajstić information content (AvgIpc) is 2.84. The fourth-order valence-electron chi connectivity index (χ4n) is 3.25. The highest BCUT2D eigenvalue weighted by molar-refractivity contribution is 7.99. The average molecular weight is 257 g/mol. The zero-order chi connectivity index (χ0) is 12.3. The van der Waals surface area contributed by atoms with Crippen LogP contribution < -0.4 is 0 Å². The lowest BCUT2D eigenvalue weighted by molar-refractivity contribution is -0.143. The Bertz CT molecular complexity index is 258. The van der Waals surface area contributed by atoms with E-state index in [1.807, 2.05) is 0 Å². The van der Waals surface area contributed by atoms with Crippen LogP contribution in [0.1, 0.15) is 39.0 Å². The number of hydrogen-bond donors (Lipinski definition) is 1. The van der Waals surface area contributed by atoms with Crippen LogP contribution >= 0.6 is 11.8 Å². The van der Waals surface area contributed by atoms with Gasteiger partial charge >= 0.3 is 5.97 Å². The van der Waals surface area contributed by atoms with Crippen LogP contribution in [0.5, 0.6) is 0 Å². The second-order valence-electron chi connectivity index (χ2n) is 5.19. The van der Waals surface area contributed by atoms with E-state index < -0.39 is 5.97 Å². The van der Waals surface area contributed by atoms with Crippen LogP contribution in [-0.4, -0.2) is 46.1 Å². The Morgan fingerprint density at radius 1 is 1.24 bits per heavy atom. The van der Waals surface area contributed by atoms with Gasteiger partial charge in [0.15, 0.2) is 0 Å². The predicted octanol–water partition coefficient (Wildman–Crippen LogP) is 2.46. The van der Waals surface area contributed by atoms with Crippen molar-refractivity contribution in [2.75, 3.05) is 18.1 Å². The number of nitrogens with zero attached hydrogens (tertiary/aromatic N) is 1. The summed E-state index contributed by atoms with van der Waals surface area (Å²) < 4.78 is 0. The summed E-state index contributed by atoms with van der Waals surface area (Å²) in [5.41, 5.74) is 0. The lowest BCUT2D eigenvalue weighted by Crippen LogP contribution is -2.45. The first-order valence-corrected chi connectivity index (χ1v) is 7.94. The summed E-state index contributed by atoms with van der Waals surface area (Å²) in [6.07, 6.45) is 5.21. The predicted molar refractivity (Wildman–Crippen MR) is 71.5 cm³/mol. The molecular formula is C13H23NO2S. The zero-order valence-corrected chi connectivity index (χ0v) is 11.4. The Morgan fingerprint density at radius 3 is 2.41 bits per heavy atom. The van der Waals surface area contributed by atoms with E-state index in [0.717, 1.165) is 38.3 Å². The van der Waals surface area contributed by atoms with Gasteiger partial charge in [0, 0.05) is 17.8 Å². The Kier molecular flexibility index (Phi) is 4.74. The molecule has 98 valence electrons. The van der Waals surface area contributed by atoms with Crippen molar-refractivity contribution in [3.05, 3.63) is 0 Å². The smallest absolute Gasteiger partial charge is 0.306 e. The number of aliphatic carboxylic acids is 1. The molecule has 2 rings (SSSR count). The van der Waals surface area contributed by atoms with Crippen LogP contribution in [0.4, 0.5) is 0 Å². The minimum absolute atomic E-state index is 0.0806. The summed E-state index contributed by atoms with van der Waals surface area (Å²) >= 11 is 2.06. The van der Waals surface area contributed by atoms with Gasteiger partial charge in [0.2, 0.25) is 0 Å². The quantitative estimate of drug-likeness (QED) is 0.840. The molecule has 2 fully saturated rings. The summed E-state index contributed by atoms with van der Waals surface area (Å²) in [6, 6.07) is 1.38. The molecule has 1 atom stereocenters. The van der Waals surface area contributed by atoms with Crippen LogP contribution in [0.15, 0.2) is 0 Å². The van der Waals surface area contributed by atoms with Gasteiger partial charge in [-0.25, -0.2) is 0 Å². The van der Waals surface area contributed by atoms with Gasteiger partial charge in [0.25, 0.3) is 0 Å². The molecule has 0 aromatic heterocycles. The van der Waals surface area contributed by atoms with E-state index in [1.54, 1.807) is 0 Å². The number of carboxylic acid groups (broad SMARTS) is 1. The largest absolute Gasteiger partial charge is 0.481 e. The number of carboxylic acids is 1. The Balaban J connectivity index is 1.87. The van der Waals surface area contributed by atoms with E-state index in [9.17, 15) is 4.79 Å². The first-order valence-electron chi connectivity index (χ1n) is 6.78. The molecule has 1 saturated heterocycles. The topological polar surface area (TPSA) is 40.5 Å². The summed E-state index contributed by atoms with van der Waals surface area (Å²) in [4.78, 5) is 13.6. The van der Waals surface area contributed by atoms with Crippen molar-refractivity contribution >= 4 is 17.7 Å². The molecule has 0 unspecified atom stereocenters. The molecule has 2 aliphatic rings. The SMILES string of the molecule is CCN(C1CCC(C(=O)O)CC1)[C@@H]1CCSC1. The third-order valence-electron chi connectivity index (χ3n) is 4.25. The van der Waals surface area contributed by atoms with Crippen LogP contribution in [0.25, 0.3) is 0 Å². The summed E-state index contributed by atoms with van der Waals surface area (Å²) in [5.74, 6) is 1.89. The van der Waals surface area contributed by atoms with Gasteiger partial charge in [-0.05, 0) is 44.4 Å². The molecule has 3 nitrogen and oxygen atoms in total. The molecule has 1 heterocycles. The van der Waals surface area contributed by atoms with Crippen molar-refractivity contribution in [1.29, 1.82) is 0 Å². The van der Waals surface area contributed by atoms with Crippen molar-refractivity contribution in [2.24, 2.45) is 5.92 Å². The molecule has 0 amide bonds. The van der Waals surface area contributed by atoms with Gasteiger partial charge in [0.05, 0.1) is 5.92 Å². The molecule has 0 bridgehead atoms. The molecule has 17 heavy (non-hydrogen) atoms. The molecule has 4 heteroatoms. The number of rotatable bonds is 4. The van der Waals surface area contributed by atoms with Crippen molar-refractivity contribution in [3.8, 4) is 0 Å². The molecule has 0 radical (unpaired) electrons. The highest BCUT2D eigenvalue weighted by atomic mass is 32.2. The Hall–Kier alpha value is -0.220. The second kappa shape index (κ2) is 6.10. The lowest BCUT2D eigenvalue weighted by Gasteiger charge is -2.38. The van der Waals surface area contributed by atoms with Crippen molar-refractivity contribution in [1.82, 2.24) is 4.90 Å². The normalized spacial score (nSPS) is 34.1. The maximum Gasteiger partial charge on any atom is 0.306 e. The Labute approximate surface area is 108 Å². The minimum Gasteiger partial charge on any atom is -0.481 e. The summed E-state index contributed by atoms with van der Waals surface area (Å²) in [6.45, 7) is 3.36. The number of hydrogen-bond acceptors (Lipinski definition) is 3. The molecule has 0 aromatic rings. The van der Waals surface area contributed by atoms with Crippen LogP contribution in [0.2, 0.25) is 0 Å². The maximum atomic E-state index is 10.9. The third-order valence-corrected chi connectivity index (χ3v) is 5.40. The first-order chi connectivity index (χ1) is 8.22. The number of carbonyl (C=O) groups is 1. The number of thioether (sulfide) groups is 1. The van der Waals surface area contributed by atoms with E-state index in [4.69, 9.17) is 5.11 Å². The monoisotopic (exact) mass is 257 g/mol. The molecule has 1 N–H and O–H groups in total. The van der Waals surface area contributed by atoms with Gasteiger partial charge < -0.3 is 5.11 Å². The van der Waals surface area contributed by atoms with Crippen LogP contribution in [0, 0.1) is 5.92 Å². The van der Waals surface area contributed by atoms with Gasteiger partial charge in [-0.1, -0.05) is 6.92 Å². The molecule has 1 aliphatic carbocycles. The fraction of sp³-hybridized carbons (Fsp3) is 0.923. The van der Waals surface area contributed by atoms with Crippen molar-refractivity contribution in [2.45, 2.75) is 51.1 Å². The van der Waals surface area contributed by atoms with Gasteiger partial charge in [-0.2, -0.15) is 11.8 Å². The molecular weight excluding hydrogens is 234 g/mol. The van der Waals surface area contributed by atoms with Crippen LogP contribution in [0.3, 0.4) is 0 Å².